The Labute approximate surface area is 153 Å². The molecule has 0 bridgehead atoms. The van der Waals surface area contributed by atoms with Crippen LogP contribution in [0.1, 0.15) is 18.1 Å². The smallest absolute Gasteiger partial charge is 0.240 e. The molecule has 25 heavy (non-hydrogen) atoms. The summed E-state index contributed by atoms with van der Waals surface area (Å²) < 4.78 is 27.6. The molecule has 0 aromatic heterocycles. The molecule has 1 amide bonds. The second kappa shape index (κ2) is 7.99. The van der Waals surface area contributed by atoms with Crippen LogP contribution in [0.5, 0.6) is 0 Å². The van der Waals surface area contributed by atoms with Gasteiger partial charge in [-0.15, -0.1) is 0 Å². The predicted molar refractivity (Wildman–Crippen MR) is 101 cm³/mol. The maximum absolute atomic E-state index is 12.5. The van der Waals surface area contributed by atoms with Crippen molar-refractivity contribution in [3.8, 4) is 0 Å². The van der Waals surface area contributed by atoms with Crippen LogP contribution in [0.2, 0.25) is 5.02 Å². The summed E-state index contributed by atoms with van der Waals surface area (Å²) in [6.45, 7) is 5.33. The number of benzene rings is 2. The van der Waals surface area contributed by atoms with Crippen molar-refractivity contribution >= 4 is 33.2 Å². The van der Waals surface area contributed by atoms with Crippen LogP contribution in [-0.2, 0) is 14.8 Å². The maximum atomic E-state index is 12.5. The van der Waals surface area contributed by atoms with Crippen molar-refractivity contribution in [3.05, 3.63) is 58.6 Å². The lowest BCUT2D eigenvalue weighted by Gasteiger charge is -2.21. The normalized spacial score (nSPS) is 11.4. The first-order valence-electron chi connectivity index (χ1n) is 7.81. The largest absolute Gasteiger partial charge is 0.311 e. The summed E-state index contributed by atoms with van der Waals surface area (Å²) in [7, 11) is -3.64. The van der Waals surface area contributed by atoms with Crippen LogP contribution in [0.4, 0.5) is 5.69 Å². The number of hydrogen-bond donors (Lipinski definition) is 1. The summed E-state index contributed by atoms with van der Waals surface area (Å²) in [5.74, 6) is -0.187. The highest BCUT2D eigenvalue weighted by atomic mass is 35.5. The van der Waals surface area contributed by atoms with Crippen LogP contribution < -0.4 is 9.62 Å². The van der Waals surface area contributed by atoms with Gasteiger partial charge in [-0.05, 0) is 49.2 Å². The maximum Gasteiger partial charge on any atom is 0.240 e. The zero-order chi connectivity index (χ0) is 18.6. The number of anilines is 1. The van der Waals surface area contributed by atoms with Gasteiger partial charge in [-0.25, -0.2) is 13.1 Å². The second-order valence-electron chi connectivity index (χ2n) is 5.82. The fraction of sp³-hybridized carbons (Fsp3) is 0.278. The number of nitrogens with one attached hydrogen (secondary N) is 1. The van der Waals surface area contributed by atoms with Gasteiger partial charge < -0.3 is 4.90 Å². The zero-order valence-corrected chi connectivity index (χ0v) is 16.0. The van der Waals surface area contributed by atoms with Crippen molar-refractivity contribution in [1.82, 2.24) is 4.72 Å². The van der Waals surface area contributed by atoms with Gasteiger partial charge in [-0.3, -0.25) is 4.79 Å². The number of rotatable bonds is 6. The molecule has 7 heteroatoms. The van der Waals surface area contributed by atoms with Gasteiger partial charge in [0.25, 0.3) is 0 Å². The lowest BCUT2D eigenvalue weighted by atomic mass is 10.2. The standard InChI is InChI=1S/C18H21ClN2O3S/c1-13-7-8-14(2)18(11-13)25(23,24)20-9-10-21(15(3)22)17-6-4-5-16(19)12-17/h4-8,11-12,20H,9-10H2,1-3H3. The molecular formula is C18H21ClN2O3S. The molecule has 0 saturated heterocycles. The lowest BCUT2D eigenvalue weighted by molar-refractivity contribution is -0.116. The highest BCUT2D eigenvalue weighted by Gasteiger charge is 2.18. The third kappa shape index (κ3) is 5.04. The summed E-state index contributed by atoms with van der Waals surface area (Å²) in [5, 5.41) is 0.514. The average Bonchev–Trinajstić information content (AvgIpc) is 2.53. The summed E-state index contributed by atoms with van der Waals surface area (Å²) >= 11 is 5.96. The number of hydrogen-bond acceptors (Lipinski definition) is 3. The monoisotopic (exact) mass is 380 g/mol. The zero-order valence-electron chi connectivity index (χ0n) is 14.4. The van der Waals surface area contributed by atoms with E-state index in [-0.39, 0.29) is 23.9 Å². The van der Waals surface area contributed by atoms with Crippen molar-refractivity contribution in [2.75, 3.05) is 18.0 Å². The minimum atomic E-state index is -3.64. The van der Waals surface area contributed by atoms with Gasteiger partial charge in [0, 0.05) is 30.7 Å². The van der Waals surface area contributed by atoms with Gasteiger partial charge in [-0.1, -0.05) is 29.8 Å². The first-order valence-corrected chi connectivity index (χ1v) is 9.67. The molecule has 2 aromatic carbocycles. The molecule has 0 unspecified atom stereocenters. The highest BCUT2D eigenvalue weighted by Crippen LogP contribution is 2.20. The molecule has 5 nitrogen and oxygen atoms in total. The number of amides is 1. The van der Waals surface area contributed by atoms with Crippen molar-refractivity contribution in [2.45, 2.75) is 25.7 Å². The molecule has 2 rings (SSSR count). The van der Waals surface area contributed by atoms with E-state index in [1.165, 1.54) is 11.8 Å². The number of aryl methyl sites for hydroxylation is 2. The molecule has 0 radical (unpaired) electrons. The molecule has 0 aliphatic carbocycles. The molecule has 0 aliphatic heterocycles. The summed E-state index contributed by atoms with van der Waals surface area (Å²) in [6, 6.07) is 12.2. The molecule has 0 saturated carbocycles. The first kappa shape index (κ1) is 19.4. The number of sulfonamides is 1. The van der Waals surface area contributed by atoms with Crippen molar-refractivity contribution in [3.63, 3.8) is 0 Å². The van der Waals surface area contributed by atoms with Gasteiger partial charge in [0.05, 0.1) is 4.90 Å². The molecule has 134 valence electrons. The lowest BCUT2D eigenvalue weighted by Crippen LogP contribution is -2.37. The van der Waals surface area contributed by atoms with E-state index in [0.717, 1.165) is 5.56 Å². The van der Waals surface area contributed by atoms with E-state index in [4.69, 9.17) is 11.6 Å². The van der Waals surface area contributed by atoms with Crippen LogP contribution in [0.25, 0.3) is 0 Å². The minimum absolute atomic E-state index is 0.0990. The summed E-state index contributed by atoms with van der Waals surface area (Å²) in [4.78, 5) is 13.6. The SMILES string of the molecule is CC(=O)N(CCNS(=O)(=O)c1cc(C)ccc1C)c1cccc(Cl)c1. The van der Waals surface area contributed by atoms with Crippen LogP contribution in [0.15, 0.2) is 47.4 Å². The Morgan fingerprint density at radius 1 is 1.16 bits per heavy atom. The number of nitrogens with zero attached hydrogens (tertiary/aromatic N) is 1. The topological polar surface area (TPSA) is 66.5 Å². The molecule has 1 N–H and O–H groups in total. The van der Waals surface area contributed by atoms with E-state index in [2.05, 4.69) is 4.72 Å². The fourth-order valence-electron chi connectivity index (χ4n) is 2.48. The van der Waals surface area contributed by atoms with Gasteiger partial charge in [0.1, 0.15) is 0 Å². The van der Waals surface area contributed by atoms with Crippen molar-refractivity contribution < 1.29 is 13.2 Å². The van der Waals surface area contributed by atoms with E-state index >= 15 is 0 Å². The molecule has 2 aromatic rings. The number of carbonyl (C=O) groups is 1. The molecule has 0 spiro atoms. The Morgan fingerprint density at radius 2 is 1.88 bits per heavy atom. The average molecular weight is 381 g/mol. The van der Waals surface area contributed by atoms with Crippen molar-refractivity contribution in [2.24, 2.45) is 0 Å². The van der Waals surface area contributed by atoms with E-state index in [1.807, 2.05) is 13.0 Å². The molecule has 0 fully saturated rings. The van der Waals surface area contributed by atoms with Crippen LogP contribution in [0.3, 0.4) is 0 Å². The Bertz CT molecular complexity index is 882. The number of halogens is 1. The van der Waals surface area contributed by atoms with E-state index in [0.29, 0.717) is 16.3 Å². The molecule has 0 aliphatic rings. The van der Waals surface area contributed by atoms with Crippen molar-refractivity contribution in [1.29, 1.82) is 0 Å². The van der Waals surface area contributed by atoms with E-state index in [9.17, 15) is 13.2 Å². The van der Waals surface area contributed by atoms with E-state index in [1.54, 1.807) is 43.3 Å². The predicted octanol–water partition coefficient (Wildman–Crippen LogP) is 3.29. The van der Waals surface area contributed by atoms with Crippen LogP contribution >= 0.6 is 11.6 Å². The van der Waals surface area contributed by atoms with Gasteiger partial charge in [-0.2, -0.15) is 0 Å². The van der Waals surface area contributed by atoms with Gasteiger partial charge >= 0.3 is 0 Å². The molecule has 0 atom stereocenters. The van der Waals surface area contributed by atoms with Gasteiger partial charge in [0.15, 0.2) is 0 Å². The molecule has 0 heterocycles. The Hall–Kier alpha value is -1.89. The first-order chi connectivity index (χ1) is 11.7. The van der Waals surface area contributed by atoms with Gasteiger partial charge in [0.2, 0.25) is 15.9 Å². The quantitative estimate of drug-likeness (QED) is 0.836. The minimum Gasteiger partial charge on any atom is -0.311 e. The number of carbonyl (C=O) groups excluding carboxylic acids is 1. The highest BCUT2D eigenvalue weighted by molar-refractivity contribution is 7.89. The summed E-state index contributed by atoms with van der Waals surface area (Å²) in [6.07, 6.45) is 0. The Balaban J connectivity index is 2.11. The van der Waals surface area contributed by atoms with Crippen LogP contribution in [-0.4, -0.2) is 27.4 Å². The fourth-order valence-corrected chi connectivity index (χ4v) is 4.01. The van der Waals surface area contributed by atoms with E-state index < -0.39 is 10.0 Å². The Kier molecular flexibility index (Phi) is 6.21. The molecular weight excluding hydrogens is 360 g/mol. The van der Waals surface area contributed by atoms with Crippen LogP contribution in [0, 0.1) is 13.8 Å². The second-order valence-corrected chi connectivity index (χ2v) is 7.99. The Morgan fingerprint density at radius 3 is 2.52 bits per heavy atom. The third-order valence-electron chi connectivity index (χ3n) is 3.76. The third-order valence-corrected chi connectivity index (χ3v) is 5.60. The summed E-state index contributed by atoms with van der Waals surface area (Å²) in [5.41, 5.74) is 2.18.